The van der Waals surface area contributed by atoms with Gasteiger partial charge in [-0.05, 0) is 22.6 Å². The van der Waals surface area contributed by atoms with E-state index < -0.39 is 0 Å². The van der Waals surface area contributed by atoms with Gasteiger partial charge in [-0.25, -0.2) is 0 Å². The van der Waals surface area contributed by atoms with Crippen LogP contribution in [-0.2, 0) is 11.8 Å². The quantitative estimate of drug-likeness (QED) is 0.698. The molecule has 1 aliphatic heterocycles. The molecule has 26 heavy (non-hydrogen) atoms. The molecule has 1 heterocycles. The van der Waals surface area contributed by atoms with E-state index in [2.05, 4.69) is 86.8 Å². The summed E-state index contributed by atoms with van der Waals surface area (Å²) in [4.78, 5) is 2.42. The Balaban J connectivity index is 1.55. The van der Waals surface area contributed by atoms with Crippen molar-refractivity contribution in [3.05, 3.63) is 78.0 Å². The van der Waals surface area contributed by atoms with Crippen LogP contribution in [0.4, 0.5) is 0 Å². The Morgan fingerprint density at radius 2 is 1.62 bits per heavy atom. The third kappa shape index (κ3) is 4.69. The fourth-order valence-corrected chi connectivity index (χ4v) is 3.60. The lowest BCUT2D eigenvalue weighted by atomic mass is 9.86. The Kier molecular flexibility index (Phi) is 5.70. The number of para-hydroxylation sites is 1. The third-order valence-electron chi connectivity index (χ3n) is 5.13. The van der Waals surface area contributed by atoms with Crippen molar-refractivity contribution >= 4 is 0 Å². The third-order valence-corrected chi connectivity index (χ3v) is 5.13. The van der Waals surface area contributed by atoms with Crippen molar-refractivity contribution in [2.24, 2.45) is 0 Å². The van der Waals surface area contributed by atoms with Crippen LogP contribution in [0, 0.1) is 0 Å². The van der Waals surface area contributed by atoms with Crippen LogP contribution in [-0.4, -0.2) is 24.1 Å². The van der Waals surface area contributed by atoms with Crippen LogP contribution in [0.5, 0.6) is 5.75 Å². The Hall–Kier alpha value is -2.22. The van der Waals surface area contributed by atoms with Gasteiger partial charge in [-0.3, -0.25) is 0 Å². The number of nitrogens with zero attached hydrogens (tertiary/aromatic N) is 1. The second-order valence-corrected chi connectivity index (χ2v) is 8.28. The second kappa shape index (κ2) is 7.99. The van der Waals surface area contributed by atoms with Gasteiger partial charge in [0, 0.05) is 38.0 Å². The van der Waals surface area contributed by atoms with Gasteiger partial charge in [0.1, 0.15) is 11.9 Å². The molecule has 138 valence electrons. The molecule has 0 spiro atoms. The lowest BCUT2D eigenvalue weighted by molar-refractivity contribution is 0.114. The molecule has 0 aliphatic carbocycles. The monoisotopic (exact) mass is 349 g/mol. The molecule has 0 bridgehead atoms. The molecule has 1 aliphatic rings. The number of rotatable bonds is 5. The molecule has 3 rings (SSSR count). The van der Waals surface area contributed by atoms with E-state index in [1.807, 2.05) is 0 Å². The first kappa shape index (κ1) is 18.6. The lowest BCUT2D eigenvalue weighted by Gasteiger charge is -2.35. The molecule has 0 aromatic heterocycles. The van der Waals surface area contributed by atoms with E-state index in [1.54, 1.807) is 0 Å². The second-order valence-electron chi connectivity index (χ2n) is 8.28. The van der Waals surface area contributed by atoms with Crippen LogP contribution in [0.1, 0.15) is 44.7 Å². The Labute approximate surface area is 158 Å². The van der Waals surface area contributed by atoms with Crippen molar-refractivity contribution in [1.29, 1.82) is 0 Å². The number of allylic oxidation sites excluding steroid dienone is 1. The summed E-state index contributed by atoms with van der Waals surface area (Å²) in [5.41, 5.74) is 3.93. The number of benzene rings is 2. The SMILES string of the molecule is C=C(Cc1ccccc1)N1CCC(Oc2ccccc2C(C)(C)C)CC1. The zero-order chi connectivity index (χ0) is 18.6. The summed E-state index contributed by atoms with van der Waals surface area (Å²) in [7, 11) is 0. The summed E-state index contributed by atoms with van der Waals surface area (Å²) in [5, 5.41) is 0. The van der Waals surface area contributed by atoms with Crippen molar-refractivity contribution in [2.45, 2.75) is 51.6 Å². The largest absolute Gasteiger partial charge is 0.490 e. The molecule has 0 saturated carbocycles. The minimum atomic E-state index is 0.0985. The van der Waals surface area contributed by atoms with Gasteiger partial charge in [0.25, 0.3) is 0 Å². The first-order chi connectivity index (χ1) is 12.4. The number of likely N-dealkylation sites (tertiary alicyclic amines) is 1. The summed E-state index contributed by atoms with van der Waals surface area (Å²) in [6, 6.07) is 19.1. The number of hydrogen-bond donors (Lipinski definition) is 0. The average Bonchev–Trinajstić information content (AvgIpc) is 2.63. The molecule has 0 unspecified atom stereocenters. The van der Waals surface area contributed by atoms with Crippen molar-refractivity contribution in [2.75, 3.05) is 13.1 Å². The zero-order valence-electron chi connectivity index (χ0n) is 16.4. The van der Waals surface area contributed by atoms with E-state index in [4.69, 9.17) is 4.74 Å². The zero-order valence-corrected chi connectivity index (χ0v) is 16.4. The number of hydrogen-bond acceptors (Lipinski definition) is 2. The van der Waals surface area contributed by atoms with Gasteiger partial charge in [-0.15, -0.1) is 0 Å². The van der Waals surface area contributed by atoms with Crippen LogP contribution in [0.25, 0.3) is 0 Å². The Morgan fingerprint density at radius 1 is 1.00 bits per heavy atom. The molecule has 0 radical (unpaired) electrons. The van der Waals surface area contributed by atoms with E-state index in [0.29, 0.717) is 6.10 Å². The van der Waals surface area contributed by atoms with Gasteiger partial charge in [-0.1, -0.05) is 75.9 Å². The highest BCUT2D eigenvalue weighted by atomic mass is 16.5. The van der Waals surface area contributed by atoms with E-state index in [9.17, 15) is 0 Å². The molecule has 0 amide bonds. The van der Waals surface area contributed by atoms with Gasteiger partial charge in [-0.2, -0.15) is 0 Å². The van der Waals surface area contributed by atoms with Gasteiger partial charge in [0.2, 0.25) is 0 Å². The highest BCUT2D eigenvalue weighted by molar-refractivity contribution is 5.38. The Bertz CT molecular complexity index is 721. The van der Waals surface area contributed by atoms with Crippen LogP contribution < -0.4 is 4.74 Å². The average molecular weight is 350 g/mol. The van der Waals surface area contributed by atoms with Crippen LogP contribution >= 0.6 is 0 Å². The van der Waals surface area contributed by atoms with Gasteiger partial charge in [0.05, 0.1) is 0 Å². The summed E-state index contributed by atoms with van der Waals surface area (Å²) < 4.78 is 6.40. The normalized spacial score (nSPS) is 15.7. The van der Waals surface area contributed by atoms with Gasteiger partial charge < -0.3 is 9.64 Å². The first-order valence-corrected chi connectivity index (χ1v) is 9.66. The standard InChI is InChI=1S/C24H31NO/c1-19(18-20-10-6-5-7-11-20)25-16-14-21(15-17-25)26-23-13-9-8-12-22(23)24(2,3)4/h5-13,21H,1,14-18H2,2-4H3. The van der Waals surface area contributed by atoms with Crippen molar-refractivity contribution < 1.29 is 4.74 Å². The van der Waals surface area contributed by atoms with Crippen molar-refractivity contribution in [3.8, 4) is 5.75 Å². The highest BCUT2D eigenvalue weighted by Gasteiger charge is 2.24. The number of ether oxygens (including phenoxy) is 1. The molecule has 1 saturated heterocycles. The van der Waals surface area contributed by atoms with Crippen molar-refractivity contribution in [3.63, 3.8) is 0 Å². The predicted octanol–water partition coefficient (Wildman–Crippen LogP) is 5.58. The van der Waals surface area contributed by atoms with E-state index in [1.165, 1.54) is 16.8 Å². The molecule has 1 fully saturated rings. The maximum absolute atomic E-state index is 6.40. The van der Waals surface area contributed by atoms with E-state index >= 15 is 0 Å². The summed E-state index contributed by atoms with van der Waals surface area (Å²) >= 11 is 0. The van der Waals surface area contributed by atoms with E-state index in [0.717, 1.165) is 38.1 Å². The molecule has 2 nitrogen and oxygen atoms in total. The Morgan fingerprint density at radius 3 is 2.27 bits per heavy atom. The summed E-state index contributed by atoms with van der Waals surface area (Å²) in [6.07, 6.45) is 3.32. The maximum atomic E-state index is 6.40. The molecule has 2 aromatic rings. The first-order valence-electron chi connectivity index (χ1n) is 9.66. The highest BCUT2D eigenvalue weighted by Crippen LogP contribution is 2.32. The topological polar surface area (TPSA) is 12.5 Å². The molecule has 0 atom stereocenters. The van der Waals surface area contributed by atoms with Crippen LogP contribution in [0.15, 0.2) is 66.9 Å². The minimum absolute atomic E-state index is 0.0985. The van der Waals surface area contributed by atoms with Gasteiger partial charge >= 0.3 is 0 Å². The molecular formula is C24H31NO. The molecule has 2 aromatic carbocycles. The smallest absolute Gasteiger partial charge is 0.123 e. The minimum Gasteiger partial charge on any atom is -0.490 e. The fourth-order valence-electron chi connectivity index (χ4n) is 3.60. The van der Waals surface area contributed by atoms with E-state index in [-0.39, 0.29) is 5.41 Å². The molecule has 0 N–H and O–H groups in total. The lowest BCUT2D eigenvalue weighted by Crippen LogP contribution is -2.38. The molecule has 2 heteroatoms. The van der Waals surface area contributed by atoms with Crippen LogP contribution in [0.3, 0.4) is 0 Å². The van der Waals surface area contributed by atoms with Crippen LogP contribution in [0.2, 0.25) is 0 Å². The number of piperidine rings is 1. The van der Waals surface area contributed by atoms with Gasteiger partial charge in [0.15, 0.2) is 0 Å². The molecular weight excluding hydrogens is 318 g/mol. The summed E-state index contributed by atoms with van der Waals surface area (Å²) in [5.74, 6) is 1.04. The summed E-state index contributed by atoms with van der Waals surface area (Å²) in [6.45, 7) is 13.1. The predicted molar refractivity (Wildman–Crippen MR) is 110 cm³/mol. The maximum Gasteiger partial charge on any atom is 0.123 e. The van der Waals surface area contributed by atoms with Crippen molar-refractivity contribution in [1.82, 2.24) is 4.90 Å². The fraction of sp³-hybridized carbons (Fsp3) is 0.417.